The highest BCUT2D eigenvalue weighted by Crippen LogP contribution is 2.47. The van der Waals surface area contributed by atoms with Crippen LogP contribution in [-0.4, -0.2) is 31.3 Å². The molecule has 0 aliphatic heterocycles. The van der Waals surface area contributed by atoms with E-state index in [1.807, 2.05) is 6.07 Å². The summed E-state index contributed by atoms with van der Waals surface area (Å²) in [6.07, 6.45) is 0. The maximum Gasteiger partial charge on any atom is 0.222 e. The van der Waals surface area contributed by atoms with Crippen LogP contribution < -0.4 is 31.0 Å². The van der Waals surface area contributed by atoms with Gasteiger partial charge in [-0.15, -0.1) is 0 Å². The first kappa shape index (κ1) is 20.1. The van der Waals surface area contributed by atoms with Gasteiger partial charge in [0.05, 0.1) is 47.4 Å². The maximum absolute atomic E-state index is 6.55. The summed E-state index contributed by atoms with van der Waals surface area (Å²) in [6, 6.07) is 5.46. The Morgan fingerprint density at radius 3 is 2.43 bits per heavy atom. The van der Waals surface area contributed by atoms with Crippen molar-refractivity contribution < 1.29 is 14.2 Å². The first-order chi connectivity index (χ1) is 13.4. The molecule has 5 N–H and O–H groups in total. The molecule has 1 heterocycles. The van der Waals surface area contributed by atoms with Crippen LogP contribution in [0.2, 0.25) is 5.02 Å². The van der Waals surface area contributed by atoms with Crippen molar-refractivity contribution in [1.29, 1.82) is 0 Å². The molecule has 8 nitrogen and oxygen atoms in total. The fourth-order valence-electron chi connectivity index (χ4n) is 2.85. The van der Waals surface area contributed by atoms with Gasteiger partial charge >= 0.3 is 0 Å². The van der Waals surface area contributed by atoms with Gasteiger partial charge in [0.25, 0.3) is 0 Å². The molecule has 28 heavy (non-hydrogen) atoms. The van der Waals surface area contributed by atoms with Crippen molar-refractivity contribution in [2.24, 2.45) is 0 Å². The Kier molecular flexibility index (Phi) is 5.85. The van der Waals surface area contributed by atoms with Crippen molar-refractivity contribution in [2.75, 3.05) is 38.1 Å². The van der Waals surface area contributed by atoms with Gasteiger partial charge in [0.2, 0.25) is 11.7 Å². The Morgan fingerprint density at radius 2 is 1.79 bits per heavy atom. The number of nitrogen functional groups attached to an aromatic ring is 2. The van der Waals surface area contributed by atoms with Gasteiger partial charge in [-0.25, -0.2) is 4.98 Å². The van der Waals surface area contributed by atoms with Crippen LogP contribution in [0.3, 0.4) is 0 Å². The number of ether oxygens (including phenoxy) is 3. The van der Waals surface area contributed by atoms with Gasteiger partial charge in [-0.05, 0) is 27.6 Å². The molecule has 0 amide bonds. The van der Waals surface area contributed by atoms with Gasteiger partial charge < -0.3 is 31.0 Å². The Hall–Kier alpha value is -2.65. The normalized spacial score (nSPS) is 10.8. The Labute approximate surface area is 175 Å². The molecule has 0 aliphatic rings. The second-order valence-electron chi connectivity index (χ2n) is 5.76. The zero-order chi connectivity index (χ0) is 20.4. The molecule has 0 spiro atoms. The largest absolute Gasteiger partial charge is 0.493 e. The number of rotatable bonds is 6. The quantitative estimate of drug-likeness (QED) is 0.499. The first-order valence-corrected chi connectivity index (χ1v) is 9.30. The molecule has 1 aromatic heterocycles. The highest BCUT2D eigenvalue weighted by atomic mass is 79.9. The van der Waals surface area contributed by atoms with Crippen LogP contribution in [0.4, 0.5) is 17.5 Å². The van der Waals surface area contributed by atoms with Crippen LogP contribution in [0.5, 0.6) is 17.2 Å². The average Bonchev–Trinajstić information content (AvgIpc) is 2.67. The SMILES string of the molecule is COc1cc(NCc2ccc3nc(N)nc(N)c3c2Cl)c(Br)c(OC)c1OC. The number of nitrogens with one attached hydrogen (secondary N) is 1. The highest BCUT2D eigenvalue weighted by Gasteiger charge is 2.19. The third kappa shape index (κ3) is 3.55. The predicted octanol–water partition coefficient (Wildman–Crippen LogP) is 3.85. The lowest BCUT2D eigenvalue weighted by Crippen LogP contribution is -2.05. The van der Waals surface area contributed by atoms with Crippen LogP contribution in [0.25, 0.3) is 10.9 Å². The number of nitrogens with zero attached hydrogens (tertiary/aromatic N) is 2. The highest BCUT2D eigenvalue weighted by molar-refractivity contribution is 9.10. The summed E-state index contributed by atoms with van der Waals surface area (Å²) in [5.41, 5.74) is 13.8. The lowest BCUT2D eigenvalue weighted by atomic mass is 10.1. The molecule has 0 fully saturated rings. The topological polar surface area (TPSA) is 118 Å². The molecule has 0 aliphatic carbocycles. The van der Waals surface area contributed by atoms with E-state index in [-0.39, 0.29) is 11.8 Å². The molecule has 148 valence electrons. The minimum absolute atomic E-state index is 0.105. The number of hydrogen-bond donors (Lipinski definition) is 3. The summed E-state index contributed by atoms with van der Waals surface area (Å²) < 4.78 is 16.9. The second-order valence-corrected chi connectivity index (χ2v) is 6.93. The van der Waals surface area contributed by atoms with Crippen molar-refractivity contribution in [2.45, 2.75) is 6.54 Å². The smallest absolute Gasteiger partial charge is 0.222 e. The molecule has 0 saturated carbocycles. The predicted molar refractivity (Wildman–Crippen MR) is 114 cm³/mol. The fourth-order valence-corrected chi connectivity index (χ4v) is 3.77. The van der Waals surface area contributed by atoms with E-state index in [2.05, 4.69) is 31.2 Å². The number of benzene rings is 2. The molecule has 0 atom stereocenters. The summed E-state index contributed by atoms with van der Waals surface area (Å²) in [5.74, 6) is 1.88. The summed E-state index contributed by atoms with van der Waals surface area (Å²) in [5, 5.41) is 4.35. The van der Waals surface area contributed by atoms with Crippen molar-refractivity contribution in [3.8, 4) is 17.2 Å². The van der Waals surface area contributed by atoms with Crippen LogP contribution in [0.15, 0.2) is 22.7 Å². The van der Waals surface area contributed by atoms with E-state index in [1.165, 1.54) is 0 Å². The van der Waals surface area contributed by atoms with Crippen LogP contribution in [0, 0.1) is 0 Å². The van der Waals surface area contributed by atoms with E-state index < -0.39 is 0 Å². The van der Waals surface area contributed by atoms with E-state index in [0.717, 1.165) is 11.3 Å². The first-order valence-electron chi connectivity index (χ1n) is 8.13. The number of anilines is 3. The molecule has 2 aromatic carbocycles. The molecule has 0 radical (unpaired) electrons. The number of methoxy groups -OCH3 is 3. The minimum atomic E-state index is 0.105. The van der Waals surface area contributed by atoms with E-state index in [0.29, 0.717) is 44.2 Å². The standard InChI is InChI=1S/C18H19BrClN5O3/c1-26-11-6-10(13(19)16(28-3)15(11)27-2)23-7-8-4-5-9-12(14(8)20)17(21)25-18(22)24-9/h4-6,23H,7H2,1-3H3,(H4,21,22,24,25). The van der Waals surface area contributed by atoms with Gasteiger partial charge in [0, 0.05) is 12.6 Å². The lowest BCUT2D eigenvalue weighted by molar-refractivity contribution is 0.323. The van der Waals surface area contributed by atoms with E-state index in [1.54, 1.807) is 33.5 Å². The third-order valence-electron chi connectivity index (χ3n) is 4.16. The summed E-state index contributed by atoms with van der Waals surface area (Å²) in [7, 11) is 4.66. The maximum atomic E-state index is 6.55. The molecular formula is C18H19BrClN5O3. The molecule has 0 saturated heterocycles. The zero-order valence-electron chi connectivity index (χ0n) is 15.5. The van der Waals surface area contributed by atoms with Crippen molar-refractivity contribution >= 4 is 55.9 Å². The number of aromatic nitrogens is 2. The van der Waals surface area contributed by atoms with Crippen LogP contribution in [0.1, 0.15) is 5.56 Å². The van der Waals surface area contributed by atoms with Crippen molar-refractivity contribution in [3.63, 3.8) is 0 Å². The minimum Gasteiger partial charge on any atom is -0.493 e. The van der Waals surface area contributed by atoms with Crippen LogP contribution >= 0.6 is 27.5 Å². The van der Waals surface area contributed by atoms with Gasteiger partial charge in [0.15, 0.2) is 11.5 Å². The van der Waals surface area contributed by atoms with E-state index >= 15 is 0 Å². The fraction of sp³-hybridized carbons (Fsp3) is 0.222. The number of nitrogens with two attached hydrogens (primary N) is 2. The summed E-state index contributed by atoms with van der Waals surface area (Å²) in [6.45, 7) is 0.413. The summed E-state index contributed by atoms with van der Waals surface area (Å²) in [4.78, 5) is 8.15. The third-order valence-corrected chi connectivity index (χ3v) is 5.38. The van der Waals surface area contributed by atoms with Crippen molar-refractivity contribution in [3.05, 3.63) is 33.3 Å². The Balaban J connectivity index is 1.98. The van der Waals surface area contributed by atoms with Crippen molar-refractivity contribution in [1.82, 2.24) is 9.97 Å². The Bertz CT molecular complexity index is 1050. The average molecular weight is 469 g/mol. The van der Waals surface area contributed by atoms with E-state index in [9.17, 15) is 0 Å². The molecule has 3 aromatic rings. The zero-order valence-corrected chi connectivity index (χ0v) is 17.8. The number of halogens is 2. The molecular weight excluding hydrogens is 450 g/mol. The van der Waals surface area contributed by atoms with Gasteiger partial charge in [0.1, 0.15) is 5.82 Å². The number of hydrogen-bond acceptors (Lipinski definition) is 8. The lowest BCUT2D eigenvalue weighted by Gasteiger charge is -2.18. The monoisotopic (exact) mass is 467 g/mol. The molecule has 10 heteroatoms. The van der Waals surface area contributed by atoms with Gasteiger partial charge in [-0.1, -0.05) is 17.7 Å². The molecule has 0 unspecified atom stereocenters. The number of fused-ring (bicyclic) bond motifs is 1. The summed E-state index contributed by atoms with van der Waals surface area (Å²) >= 11 is 10.1. The Morgan fingerprint density at radius 1 is 1.07 bits per heavy atom. The van der Waals surface area contributed by atoms with Crippen LogP contribution in [-0.2, 0) is 6.54 Å². The second kappa shape index (κ2) is 8.15. The van der Waals surface area contributed by atoms with E-state index in [4.69, 9.17) is 37.3 Å². The van der Waals surface area contributed by atoms with Gasteiger partial charge in [-0.3, -0.25) is 0 Å². The molecule has 3 rings (SSSR count). The van der Waals surface area contributed by atoms with Gasteiger partial charge in [-0.2, -0.15) is 4.98 Å². The molecule has 0 bridgehead atoms.